The van der Waals surface area contributed by atoms with E-state index in [1.54, 1.807) is 16.1 Å². The molecule has 0 spiro atoms. The molecule has 0 N–H and O–H groups in total. The van der Waals surface area contributed by atoms with Gasteiger partial charge in [0.15, 0.2) is 0 Å². The van der Waals surface area contributed by atoms with Crippen LogP contribution in [0.4, 0.5) is 0 Å². The summed E-state index contributed by atoms with van der Waals surface area (Å²) in [4.78, 5) is 1.75. The van der Waals surface area contributed by atoms with Crippen molar-refractivity contribution in [2.45, 2.75) is 23.6 Å². The zero-order valence-corrected chi connectivity index (χ0v) is 27.9. The first-order valence-corrected chi connectivity index (χ1v) is 13.9. The van der Waals surface area contributed by atoms with E-state index in [0.29, 0.717) is 4.60 Å². The molecule has 0 radical (unpaired) electrons. The minimum atomic E-state index is -0.476. The second-order valence-electron chi connectivity index (χ2n) is 5.17. The monoisotopic (exact) mass is 956 g/mol. The maximum Gasteiger partial charge on any atom is 1.00 e. The van der Waals surface area contributed by atoms with Crippen LogP contribution >= 0.6 is 127 Å². The topological polar surface area (TPSA) is 73.5 Å². The van der Waals surface area contributed by atoms with Gasteiger partial charge in [-0.2, -0.15) is 15.3 Å². The summed E-state index contributed by atoms with van der Waals surface area (Å²) in [6.07, 6.45) is 1.00. The number of rotatable bonds is 3. The van der Waals surface area contributed by atoms with E-state index in [4.69, 9.17) is 5.41 Å². The Kier molecular flexibility index (Phi) is 12.5. The van der Waals surface area contributed by atoms with Gasteiger partial charge in [0.25, 0.3) is 0 Å². The summed E-state index contributed by atoms with van der Waals surface area (Å²) in [6, 6.07) is 0. The molecule has 0 bridgehead atoms. The van der Waals surface area contributed by atoms with Crippen molar-refractivity contribution < 1.29 is 17.1 Å². The van der Waals surface area contributed by atoms with Gasteiger partial charge in [-0.25, -0.2) is 6.21 Å². The van der Waals surface area contributed by atoms with E-state index in [1.807, 2.05) is 11.8 Å². The van der Waals surface area contributed by atoms with Crippen LogP contribution in [0.3, 0.4) is 0 Å². The molecule has 1 aliphatic rings. The Labute approximate surface area is 246 Å². The third kappa shape index (κ3) is 6.11. The van der Waals surface area contributed by atoms with Gasteiger partial charge in [0, 0.05) is 5.56 Å². The van der Waals surface area contributed by atoms with Crippen LogP contribution in [0.2, 0.25) is 0 Å². The molecule has 1 aliphatic heterocycles. The minimum Gasteiger partial charge on any atom is -0.814 e. The Hall–Kier alpha value is 1.98. The molecular formula is C12H9BBr8CuN7. The Bertz CT molecular complexity index is 866. The van der Waals surface area contributed by atoms with E-state index in [9.17, 15) is 0 Å². The fourth-order valence-corrected chi connectivity index (χ4v) is 6.21. The molecule has 162 valence electrons. The van der Waals surface area contributed by atoms with Crippen LogP contribution in [-0.2, 0) is 17.1 Å². The number of halogens is 8. The SMILES string of the molecule is CC=[N-].Cc1c(Br)nn(B(N2N=C(Br)[C@@H](Br)[C@H]2Br)n2nc(Br)c(Br)c2Br)c1Br.[Cu+]. The second-order valence-corrected chi connectivity index (χ2v) is 11.7. The Balaban J connectivity index is 0.000000990. The molecule has 29 heavy (non-hydrogen) atoms. The largest absolute Gasteiger partial charge is 1.00 e. The van der Waals surface area contributed by atoms with Gasteiger partial charge in [0.2, 0.25) is 0 Å². The van der Waals surface area contributed by atoms with Crippen LogP contribution in [0.25, 0.3) is 5.41 Å². The molecule has 0 aliphatic carbocycles. The number of aromatic nitrogens is 4. The van der Waals surface area contributed by atoms with E-state index >= 15 is 0 Å². The summed E-state index contributed by atoms with van der Waals surface area (Å²) in [5.74, 6) is 0. The molecule has 0 saturated heterocycles. The van der Waals surface area contributed by atoms with E-state index in [-0.39, 0.29) is 26.8 Å². The van der Waals surface area contributed by atoms with Crippen molar-refractivity contribution in [2.75, 3.05) is 0 Å². The van der Waals surface area contributed by atoms with Crippen molar-refractivity contribution in [3.05, 3.63) is 33.9 Å². The molecule has 3 rings (SSSR count). The van der Waals surface area contributed by atoms with Crippen LogP contribution < -0.4 is 0 Å². The molecule has 3 heterocycles. The van der Waals surface area contributed by atoms with Crippen molar-refractivity contribution in [3.63, 3.8) is 0 Å². The maximum absolute atomic E-state index is 7.44. The van der Waals surface area contributed by atoms with Crippen LogP contribution in [0, 0.1) is 6.92 Å². The van der Waals surface area contributed by atoms with Crippen LogP contribution in [0.1, 0.15) is 12.5 Å². The predicted molar refractivity (Wildman–Crippen MR) is 143 cm³/mol. The van der Waals surface area contributed by atoms with Crippen molar-refractivity contribution in [1.29, 1.82) is 0 Å². The van der Waals surface area contributed by atoms with E-state index in [0.717, 1.165) is 34.7 Å². The second kappa shape index (κ2) is 12.4. The molecule has 0 unspecified atom stereocenters. The normalized spacial score (nSPS) is 18.0. The number of nitrogens with zero attached hydrogens (tertiary/aromatic N) is 7. The summed E-state index contributed by atoms with van der Waals surface area (Å²) in [7, 11) is -0.476. The predicted octanol–water partition coefficient (Wildman–Crippen LogP) is 6.73. The van der Waals surface area contributed by atoms with Gasteiger partial charge in [0.1, 0.15) is 23.4 Å². The van der Waals surface area contributed by atoms with Crippen molar-refractivity contribution in [1.82, 2.24) is 24.3 Å². The van der Waals surface area contributed by atoms with Crippen molar-refractivity contribution in [3.8, 4) is 0 Å². The smallest absolute Gasteiger partial charge is 0.814 e. The molecular weight excluding hydrogens is 956 g/mol. The fraction of sp³-hybridized carbons (Fsp3) is 0.333. The summed E-state index contributed by atoms with van der Waals surface area (Å²) >= 11 is 28.5. The molecule has 7 nitrogen and oxygen atoms in total. The molecule has 0 amide bonds. The quantitative estimate of drug-likeness (QED) is 0.148. The van der Waals surface area contributed by atoms with Crippen molar-refractivity contribution in [2.24, 2.45) is 5.10 Å². The summed E-state index contributed by atoms with van der Waals surface area (Å²) in [6.45, 7) is 3.53. The van der Waals surface area contributed by atoms with Gasteiger partial charge >= 0.3 is 24.2 Å². The maximum atomic E-state index is 7.44. The standard InChI is InChI=1S/C10H5BBr8N6.C2H4N.Cu/c1-2-5(14)20-23(8(2)17)11(24-9(18)3(12)6(15)21-24)25-10(19)4(13)7(16)22-25;1-2-3;/h3,9H,1H3;2H,1H3;/q;-1;+1/t3-,9+;;/m1../s1. The average molecular weight is 965 g/mol. The zero-order valence-electron chi connectivity index (χ0n) is 14.3. The molecule has 0 fully saturated rings. The number of hydrogen-bond acceptors (Lipinski definition) is 4. The van der Waals surface area contributed by atoms with E-state index in [1.165, 1.54) is 0 Å². The first kappa shape index (κ1) is 29.0. The first-order valence-electron chi connectivity index (χ1n) is 7.28. The van der Waals surface area contributed by atoms with Crippen LogP contribution in [0.5, 0.6) is 0 Å². The summed E-state index contributed by atoms with van der Waals surface area (Å²) in [5, 5.41) is 21.3. The third-order valence-corrected chi connectivity index (χ3v) is 12.1. The number of hydrogen-bond donors (Lipinski definition) is 0. The Morgan fingerprint density at radius 1 is 0.966 bits per heavy atom. The third-order valence-electron chi connectivity index (χ3n) is 3.38. The van der Waals surface area contributed by atoms with E-state index in [2.05, 4.69) is 143 Å². The van der Waals surface area contributed by atoms with Gasteiger partial charge in [-0.1, -0.05) is 38.8 Å². The van der Waals surface area contributed by atoms with Crippen molar-refractivity contribution >= 4 is 145 Å². The summed E-state index contributed by atoms with van der Waals surface area (Å²) < 4.78 is 8.16. The molecule has 0 aromatic carbocycles. The number of hydrazone groups is 1. The molecule has 2 aromatic rings. The molecule has 2 atom stereocenters. The van der Waals surface area contributed by atoms with Gasteiger partial charge in [-0.3, -0.25) is 14.1 Å². The number of alkyl halides is 2. The zero-order chi connectivity index (χ0) is 21.3. The molecule has 2 aromatic heterocycles. The Morgan fingerprint density at radius 3 is 1.79 bits per heavy atom. The van der Waals surface area contributed by atoms with Gasteiger partial charge in [-0.05, 0) is 103 Å². The first-order chi connectivity index (χ1) is 13.1. The average Bonchev–Trinajstić information content (AvgIpc) is 3.15. The van der Waals surface area contributed by atoms with Crippen LogP contribution in [0.15, 0.2) is 28.0 Å². The molecule has 17 heteroatoms. The molecule has 0 saturated carbocycles. The van der Waals surface area contributed by atoms with Gasteiger partial charge in [-0.15, -0.1) is 0 Å². The van der Waals surface area contributed by atoms with E-state index < -0.39 is 7.12 Å². The summed E-state index contributed by atoms with van der Waals surface area (Å²) in [5.41, 5.74) is 0.982. The van der Waals surface area contributed by atoms with Gasteiger partial charge in [0.05, 0.1) is 13.9 Å². The van der Waals surface area contributed by atoms with Crippen LogP contribution in [-0.4, -0.2) is 52.0 Å². The van der Waals surface area contributed by atoms with Gasteiger partial charge < -0.3 is 5.41 Å². The Morgan fingerprint density at radius 2 is 1.45 bits per heavy atom. The minimum absolute atomic E-state index is 0. The fourth-order valence-electron chi connectivity index (χ4n) is 2.12.